The second-order valence-corrected chi connectivity index (χ2v) is 3.61. The molecule has 0 saturated heterocycles. The molecule has 82 valence electrons. The van der Waals surface area contributed by atoms with Crippen molar-refractivity contribution in [3.63, 3.8) is 0 Å². The highest BCUT2D eigenvalue weighted by Gasteiger charge is 2.17. The molecule has 1 unspecified atom stereocenters. The van der Waals surface area contributed by atoms with Gasteiger partial charge >= 0.3 is 14.2 Å². The van der Waals surface area contributed by atoms with Crippen molar-refractivity contribution in [2.75, 3.05) is 13.2 Å². The Balaban J connectivity index is 3.57. The standard InChI is InChI=1S/C8H15O5P/c1-3-7(4-2)5-12-8(9)6-13-14(10)11/h7H,3-6H2,1-2H3/p+1. The van der Waals surface area contributed by atoms with Gasteiger partial charge in [0.1, 0.15) is 0 Å². The van der Waals surface area contributed by atoms with Gasteiger partial charge in [-0.05, 0) is 5.92 Å². The van der Waals surface area contributed by atoms with E-state index in [1.807, 2.05) is 13.8 Å². The van der Waals surface area contributed by atoms with E-state index in [1.54, 1.807) is 0 Å². The van der Waals surface area contributed by atoms with E-state index in [2.05, 4.69) is 4.52 Å². The molecule has 0 heterocycles. The Bertz CT molecular complexity index is 190. The van der Waals surface area contributed by atoms with Crippen molar-refractivity contribution in [2.24, 2.45) is 5.92 Å². The number of hydrogen-bond donors (Lipinski definition) is 1. The van der Waals surface area contributed by atoms with Crippen LogP contribution in [0.1, 0.15) is 26.7 Å². The number of esters is 1. The summed E-state index contributed by atoms with van der Waals surface area (Å²) in [5.41, 5.74) is 0. The average molecular weight is 223 g/mol. The van der Waals surface area contributed by atoms with E-state index >= 15 is 0 Å². The molecule has 6 heteroatoms. The number of ether oxygens (including phenoxy) is 1. The average Bonchev–Trinajstić information content (AvgIpc) is 2.16. The minimum atomic E-state index is -2.72. The van der Waals surface area contributed by atoms with Crippen LogP contribution in [0.25, 0.3) is 0 Å². The summed E-state index contributed by atoms with van der Waals surface area (Å²) in [5.74, 6) is -0.254. The maximum Gasteiger partial charge on any atom is 0.695 e. The Morgan fingerprint density at radius 1 is 1.43 bits per heavy atom. The molecular weight excluding hydrogens is 207 g/mol. The smallest absolute Gasteiger partial charge is 0.464 e. The fourth-order valence-electron chi connectivity index (χ4n) is 0.885. The molecule has 0 aliphatic heterocycles. The summed E-state index contributed by atoms with van der Waals surface area (Å²) in [6.45, 7) is 3.91. The molecule has 1 N–H and O–H groups in total. The molecule has 0 aromatic heterocycles. The van der Waals surface area contributed by atoms with Crippen molar-refractivity contribution >= 4 is 14.2 Å². The SMILES string of the molecule is CCC(CC)COC(=O)CO[P+](=O)O. The normalized spacial score (nSPS) is 11.6. The number of hydrogen-bond acceptors (Lipinski definition) is 4. The van der Waals surface area contributed by atoms with E-state index in [9.17, 15) is 9.36 Å². The minimum absolute atomic E-state index is 0.345. The third kappa shape index (κ3) is 6.95. The highest BCUT2D eigenvalue weighted by Crippen LogP contribution is 2.14. The summed E-state index contributed by atoms with van der Waals surface area (Å²) in [6.07, 6.45) is 1.89. The fourth-order valence-corrected chi connectivity index (χ4v) is 1.10. The molecule has 0 radical (unpaired) electrons. The first kappa shape index (κ1) is 13.5. The van der Waals surface area contributed by atoms with Gasteiger partial charge in [-0.25, -0.2) is 4.79 Å². The Hall–Kier alpha value is -0.510. The molecule has 0 aliphatic carbocycles. The molecule has 0 saturated carbocycles. The van der Waals surface area contributed by atoms with Crippen LogP contribution in [0.15, 0.2) is 0 Å². The van der Waals surface area contributed by atoms with Crippen molar-refractivity contribution in [3.05, 3.63) is 0 Å². The molecule has 0 aliphatic rings. The van der Waals surface area contributed by atoms with Crippen LogP contribution < -0.4 is 0 Å². The minimum Gasteiger partial charge on any atom is -0.464 e. The molecule has 0 bridgehead atoms. The van der Waals surface area contributed by atoms with E-state index in [0.29, 0.717) is 12.5 Å². The van der Waals surface area contributed by atoms with Crippen molar-refractivity contribution in [2.45, 2.75) is 26.7 Å². The van der Waals surface area contributed by atoms with Gasteiger partial charge in [0.2, 0.25) is 6.61 Å². The van der Waals surface area contributed by atoms with Crippen LogP contribution in [-0.2, 0) is 18.6 Å². The highest BCUT2D eigenvalue weighted by atomic mass is 31.1. The first-order valence-electron chi connectivity index (χ1n) is 4.54. The molecule has 0 fully saturated rings. The summed E-state index contributed by atoms with van der Waals surface area (Å²) in [6, 6.07) is 0. The lowest BCUT2D eigenvalue weighted by atomic mass is 10.1. The Morgan fingerprint density at radius 3 is 2.43 bits per heavy atom. The lowest BCUT2D eigenvalue weighted by Gasteiger charge is -2.11. The van der Waals surface area contributed by atoms with Gasteiger partial charge in [-0.15, -0.1) is 9.42 Å². The van der Waals surface area contributed by atoms with Gasteiger partial charge in [0.25, 0.3) is 0 Å². The Kier molecular flexibility index (Phi) is 7.57. The fraction of sp³-hybridized carbons (Fsp3) is 0.875. The summed E-state index contributed by atoms with van der Waals surface area (Å²) in [4.78, 5) is 19.1. The number of carbonyl (C=O) groups is 1. The zero-order valence-corrected chi connectivity index (χ0v) is 9.33. The lowest BCUT2D eigenvalue weighted by Crippen LogP contribution is -2.16. The van der Waals surface area contributed by atoms with Crippen molar-refractivity contribution in [1.82, 2.24) is 0 Å². The molecule has 0 rings (SSSR count). The molecular formula is C8H16O5P+. The Morgan fingerprint density at radius 2 is 2.00 bits per heavy atom. The molecule has 0 aromatic rings. The molecule has 14 heavy (non-hydrogen) atoms. The van der Waals surface area contributed by atoms with Crippen LogP contribution in [0.2, 0.25) is 0 Å². The molecule has 0 amide bonds. The van der Waals surface area contributed by atoms with Gasteiger partial charge < -0.3 is 4.74 Å². The van der Waals surface area contributed by atoms with E-state index in [-0.39, 0.29) is 0 Å². The van der Waals surface area contributed by atoms with Gasteiger partial charge in [0.15, 0.2) is 0 Å². The van der Waals surface area contributed by atoms with Crippen molar-refractivity contribution < 1.29 is 23.5 Å². The maximum absolute atomic E-state index is 10.9. The van der Waals surface area contributed by atoms with Crippen LogP contribution in [0.3, 0.4) is 0 Å². The largest absolute Gasteiger partial charge is 0.695 e. The summed E-state index contributed by atoms with van der Waals surface area (Å²) < 4.78 is 19.1. The van der Waals surface area contributed by atoms with Gasteiger partial charge in [0.05, 0.1) is 6.61 Å². The predicted octanol–water partition coefficient (Wildman–Crippen LogP) is 1.63. The summed E-state index contributed by atoms with van der Waals surface area (Å²) >= 11 is 0. The monoisotopic (exact) mass is 223 g/mol. The second-order valence-electron chi connectivity index (χ2n) is 2.88. The van der Waals surface area contributed by atoms with Gasteiger partial charge in [-0.1, -0.05) is 26.7 Å². The topological polar surface area (TPSA) is 72.8 Å². The quantitative estimate of drug-likeness (QED) is 0.524. The van der Waals surface area contributed by atoms with Crippen LogP contribution in [-0.4, -0.2) is 24.1 Å². The lowest BCUT2D eigenvalue weighted by molar-refractivity contribution is -0.147. The van der Waals surface area contributed by atoms with Crippen LogP contribution in [0.5, 0.6) is 0 Å². The molecule has 1 atom stereocenters. The first-order chi connectivity index (χ1) is 6.60. The van der Waals surface area contributed by atoms with Gasteiger partial charge in [-0.2, -0.15) is 0 Å². The third-order valence-corrected chi connectivity index (χ3v) is 2.28. The van der Waals surface area contributed by atoms with Crippen LogP contribution >= 0.6 is 8.25 Å². The van der Waals surface area contributed by atoms with Gasteiger partial charge in [-0.3, -0.25) is 0 Å². The van der Waals surface area contributed by atoms with Crippen molar-refractivity contribution in [3.8, 4) is 0 Å². The van der Waals surface area contributed by atoms with E-state index in [4.69, 9.17) is 9.63 Å². The summed E-state index contributed by atoms with van der Waals surface area (Å²) in [7, 11) is -2.72. The zero-order chi connectivity index (χ0) is 11.0. The third-order valence-electron chi connectivity index (χ3n) is 1.93. The van der Waals surface area contributed by atoms with Gasteiger partial charge in [0, 0.05) is 4.57 Å². The molecule has 5 nitrogen and oxygen atoms in total. The highest BCUT2D eigenvalue weighted by molar-refractivity contribution is 7.32. The summed E-state index contributed by atoms with van der Waals surface area (Å²) in [5, 5.41) is 0. The number of carbonyl (C=O) groups excluding carboxylic acids is 1. The predicted molar refractivity (Wildman–Crippen MR) is 50.8 cm³/mol. The van der Waals surface area contributed by atoms with Crippen LogP contribution in [0.4, 0.5) is 0 Å². The maximum atomic E-state index is 10.9. The second kappa shape index (κ2) is 7.85. The first-order valence-corrected chi connectivity index (χ1v) is 5.67. The number of rotatable bonds is 7. The van der Waals surface area contributed by atoms with Crippen LogP contribution in [0, 0.1) is 5.92 Å². The molecule has 0 aromatic carbocycles. The zero-order valence-electron chi connectivity index (χ0n) is 8.43. The van der Waals surface area contributed by atoms with E-state index in [1.165, 1.54) is 0 Å². The van der Waals surface area contributed by atoms with Crippen molar-refractivity contribution in [1.29, 1.82) is 0 Å². The van der Waals surface area contributed by atoms with E-state index < -0.39 is 20.8 Å². The molecule has 0 spiro atoms. The van der Waals surface area contributed by atoms with E-state index in [0.717, 1.165) is 12.8 Å². The Labute approximate surface area is 84.4 Å².